The molecule has 0 saturated heterocycles. The van der Waals surface area contributed by atoms with Gasteiger partial charge in [0.2, 0.25) is 0 Å². The second-order valence-corrected chi connectivity index (χ2v) is 7.93. The van der Waals surface area contributed by atoms with Crippen molar-refractivity contribution >= 4 is 22.2 Å². The van der Waals surface area contributed by atoms with E-state index < -0.39 is 0 Å². The Labute approximate surface area is 142 Å². The highest BCUT2D eigenvalue weighted by atomic mass is 32.1. The van der Waals surface area contributed by atoms with Gasteiger partial charge in [0.05, 0.1) is 17.9 Å². The van der Waals surface area contributed by atoms with Gasteiger partial charge in [-0.1, -0.05) is 13.8 Å². The van der Waals surface area contributed by atoms with Crippen LogP contribution in [-0.4, -0.2) is 24.2 Å². The first-order chi connectivity index (χ1) is 10.9. The van der Waals surface area contributed by atoms with Crippen LogP contribution < -0.4 is 15.4 Å². The third-order valence-corrected chi connectivity index (χ3v) is 4.97. The molecule has 2 aromatic rings. The predicted octanol–water partition coefficient (Wildman–Crippen LogP) is 4.33. The minimum atomic E-state index is 0.220. The molecule has 124 valence electrons. The van der Waals surface area contributed by atoms with E-state index in [-0.39, 0.29) is 6.10 Å². The summed E-state index contributed by atoms with van der Waals surface area (Å²) in [7, 11) is 0. The van der Waals surface area contributed by atoms with Crippen LogP contribution in [0.1, 0.15) is 32.1 Å². The summed E-state index contributed by atoms with van der Waals surface area (Å²) >= 11 is 1.54. The van der Waals surface area contributed by atoms with Crippen molar-refractivity contribution in [2.45, 2.75) is 40.2 Å². The maximum Gasteiger partial charge on any atom is 0.180 e. The van der Waals surface area contributed by atoms with E-state index in [1.807, 2.05) is 0 Å². The van der Waals surface area contributed by atoms with Gasteiger partial charge in [0.25, 0.3) is 0 Å². The first-order valence-corrected chi connectivity index (χ1v) is 9.04. The molecule has 3 rings (SSSR count). The molecule has 0 radical (unpaired) electrons. The van der Waals surface area contributed by atoms with Crippen molar-refractivity contribution in [3.63, 3.8) is 0 Å². The molecule has 0 bridgehead atoms. The van der Waals surface area contributed by atoms with Crippen molar-refractivity contribution in [2.75, 3.05) is 23.7 Å². The summed E-state index contributed by atoms with van der Waals surface area (Å²) in [5, 5.41) is 0.622. The van der Waals surface area contributed by atoms with E-state index >= 15 is 0 Å². The lowest BCUT2D eigenvalue weighted by atomic mass is 10.1. The summed E-state index contributed by atoms with van der Waals surface area (Å²) in [5.74, 6) is 1.66. The largest absolute Gasteiger partial charge is 0.487 e. The number of ether oxygens (including phenoxy) is 1. The van der Waals surface area contributed by atoms with Gasteiger partial charge in [-0.25, -0.2) is 4.98 Å². The number of hydrogen-bond donors (Lipinski definition) is 1. The Morgan fingerprint density at radius 3 is 2.87 bits per heavy atom. The van der Waals surface area contributed by atoms with Crippen molar-refractivity contribution in [2.24, 2.45) is 5.92 Å². The van der Waals surface area contributed by atoms with Crippen LogP contribution in [0.5, 0.6) is 5.75 Å². The van der Waals surface area contributed by atoms with Crippen LogP contribution in [0.2, 0.25) is 0 Å². The molecular weight excluding hydrogens is 306 g/mol. The van der Waals surface area contributed by atoms with Crippen molar-refractivity contribution in [3.05, 3.63) is 23.1 Å². The maximum absolute atomic E-state index is 6.01. The Morgan fingerprint density at radius 2 is 2.22 bits per heavy atom. The third kappa shape index (κ3) is 3.44. The molecule has 0 fully saturated rings. The van der Waals surface area contributed by atoms with Crippen molar-refractivity contribution in [1.29, 1.82) is 0 Å². The van der Waals surface area contributed by atoms with Gasteiger partial charge in [-0.3, -0.25) is 0 Å². The van der Waals surface area contributed by atoms with E-state index in [1.165, 1.54) is 23.4 Å². The number of nitrogens with two attached hydrogens (primary N) is 1. The summed E-state index contributed by atoms with van der Waals surface area (Å²) < 4.78 is 6.01. The summed E-state index contributed by atoms with van der Waals surface area (Å²) in [6.45, 7) is 10.7. The molecule has 1 unspecified atom stereocenters. The van der Waals surface area contributed by atoms with E-state index in [9.17, 15) is 0 Å². The molecule has 1 aliphatic rings. The van der Waals surface area contributed by atoms with Gasteiger partial charge in [-0.15, -0.1) is 11.3 Å². The molecule has 0 aliphatic carbocycles. The lowest BCUT2D eigenvalue weighted by molar-refractivity contribution is 0.212. The number of thiazole rings is 1. The lowest BCUT2D eigenvalue weighted by Gasteiger charge is -2.35. The average molecular weight is 331 g/mol. The summed E-state index contributed by atoms with van der Waals surface area (Å²) in [4.78, 5) is 8.08. The highest BCUT2D eigenvalue weighted by Crippen LogP contribution is 2.38. The smallest absolute Gasteiger partial charge is 0.180 e. The maximum atomic E-state index is 6.01. The van der Waals surface area contributed by atoms with E-state index in [4.69, 9.17) is 10.5 Å². The van der Waals surface area contributed by atoms with E-state index in [0.717, 1.165) is 35.0 Å². The Hall–Kier alpha value is -1.75. The van der Waals surface area contributed by atoms with Crippen molar-refractivity contribution in [3.8, 4) is 17.0 Å². The van der Waals surface area contributed by atoms with Gasteiger partial charge in [0.1, 0.15) is 11.9 Å². The number of hydrogen-bond acceptors (Lipinski definition) is 5. The van der Waals surface area contributed by atoms with Crippen molar-refractivity contribution < 1.29 is 4.74 Å². The summed E-state index contributed by atoms with van der Waals surface area (Å²) in [6, 6.07) is 6.35. The highest BCUT2D eigenvalue weighted by Gasteiger charge is 2.24. The van der Waals surface area contributed by atoms with Crippen LogP contribution >= 0.6 is 11.3 Å². The molecule has 1 aromatic heterocycles. The number of rotatable bonds is 4. The second kappa shape index (κ2) is 6.40. The molecule has 0 saturated carbocycles. The molecule has 0 amide bonds. The normalized spacial score (nSPS) is 17.3. The molecule has 1 atom stereocenters. The van der Waals surface area contributed by atoms with Gasteiger partial charge in [0.15, 0.2) is 5.13 Å². The number of nitrogen functional groups attached to an aromatic ring is 1. The molecule has 2 heterocycles. The van der Waals surface area contributed by atoms with Gasteiger partial charge in [0, 0.05) is 17.0 Å². The van der Waals surface area contributed by atoms with Crippen LogP contribution in [0.25, 0.3) is 11.3 Å². The van der Waals surface area contributed by atoms with Crippen LogP contribution in [-0.2, 0) is 0 Å². The summed E-state index contributed by atoms with van der Waals surface area (Å²) in [6.07, 6.45) is 1.40. The zero-order chi connectivity index (χ0) is 16.6. The molecular formula is C18H25N3OS. The number of anilines is 2. The van der Waals surface area contributed by atoms with E-state index in [0.29, 0.717) is 11.0 Å². The fourth-order valence-electron chi connectivity index (χ4n) is 2.98. The Kier molecular flexibility index (Phi) is 4.48. The zero-order valence-electron chi connectivity index (χ0n) is 14.3. The molecule has 1 aromatic carbocycles. The monoisotopic (exact) mass is 331 g/mol. The van der Waals surface area contributed by atoms with Crippen molar-refractivity contribution in [1.82, 2.24) is 4.98 Å². The lowest BCUT2D eigenvalue weighted by Crippen LogP contribution is -2.39. The molecule has 0 spiro atoms. The fourth-order valence-corrected chi connectivity index (χ4v) is 3.70. The van der Waals surface area contributed by atoms with Crippen LogP contribution in [0.4, 0.5) is 10.8 Å². The zero-order valence-corrected chi connectivity index (χ0v) is 15.1. The predicted molar refractivity (Wildman–Crippen MR) is 98.5 cm³/mol. The fraction of sp³-hybridized carbons (Fsp3) is 0.500. The number of aromatic nitrogens is 1. The highest BCUT2D eigenvalue weighted by molar-refractivity contribution is 7.15. The van der Waals surface area contributed by atoms with Crippen LogP contribution in [0.15, 0.2) is 18.2 Å². The molecule has 4 nitrogen and oxygen atoms in total. The van der Waals surface area contributed by atoms with Crippen LogP contribution in [0, 0.1) is 12.8 Å². The Bertz CT molecular complexity index is 696. The van der Waals surface area contributed by atoms with E-state index in [1.54, 1.807) is 0 Å². The Morgan fingerprint density at radius 1 is 1.43 bits per heavy atom. The van der Waals surface area contributed by atoms with Gasteiger partial charge < -0.3 is 15.4 Å². The first-order valence-electron chi connectivity index (χ1n) is 8.23. The SMILES string of the molecule is Cc1sc(N)nc1-c1ccc2c(c1)N(CCC(C)C)CC(C)O2. The Balaban J connectivity index is 1.95. The number of fused-ring (bicyclic) bond motifs is 1. The number of aryl methyl sites for hydroxylation is 1. The summed E-state index contributed by atoms with van der Waals surface area (Å²) in [5.41, 5.74) is 9.12. The number of nitrogens with zero attached hydrogens (tertiary/aromatic N) is 2. The third-order valence-electron chi connectivity index (χ3n) is 4.17. The first kappa shape index (κ1) is 16.1. The minimum Gasteiger partial charge on any atom is -0.487 e. The number of benzene rings is 1. The molecule has 1 aliphatic heterocycles. The van der Waals surface area contributed by atoms with E-state index in [2.05, 4.69) is 55.8 Å². The molecule has 23 heavy (non-hydrogen) atoms. The average Bonchev–Trinajstić information content (AvgIpc) is 2.83. The molecule has 5 heteroatoms. The van der Waals surface area contributed by atoms with Gasteiger partial charge in [-0.05, 0) is 44.4 Å². The standard InChI is InChI=1S/C18H25N3OS/c1-11(2)7-8-21-10-12(3)22-16-6-5-14(9-15(16)21)17-13(4)23-18(19)20-17/h5-6,9,11-12H,7-8,10H2,1-4H3,(H2,19,20). The topological polar surface area (TPSA) is 51.4 Å². The van der Waals surface area contributed by atoms with Crippen LogP contribution in [0.3, 0.4) is 0 Å². The van der Waals surface area contributed by atoms with Gasteiger partial charge >= 0.3 is 0 Å². The minimum absolute atomic E-state index is 0.220. The quantitative estimate of drug-likeness (QED) is 0.906. The molecule has 2 N–H and O–H groups in total. The second-order valence-electron chi connectivity index (χ2n) is 6.70. The van der Waals surface area contributed by atoms with Gasteiger partial charge in [-0.2, -0.15) is 0 Å².